The topological polar surface area (TPSA) is 50.8 Å². The quantitative estimate of drug-likeness (QED) is 0.380. The van der Waals surface area contributed by atoms with Gasteiger partial charge in [0.2, 0.25) is 5.91 Å². The van der Waals surface area contributed by atoms with E-state index in [4.69, 9.17) is 21.1 Å². The van der Waals surface area contributed by atoms with E-state index in [0.29, 0.717) is 23.9 Å². The van der Waals surface area contributed by atoms with E-state index in [9.17, 15) is 4.79 Å². The van der Waals surface area contributed by atoms with Crippen LogP contribution in [-0.2, 0) is 11.2 Å². The molecular weight excluding hydrogens is 447 g/mol. The molecule has 1 amide bonds. The van der Waals surface area contributed by atoms with Crippen LogP contribution in [0.2, 0.25) is 5.02 Å². The van der Waals surface area contributed by atoms with Crippen LogP contribution < -0.4 is 14.8 Å². The van der Waals surface area contributed by atoms with E-state index in [1.54, 1.807) is 6.07 Å². The van der Waals surface area contributed by atoms with E-state index in [0.717, 1.165) is 41.7 Å². The minimum Gasteiger partial charge on any atom is -0.493 e. The van der Waals surface area contributed by atoms with Crippen molar-refractivity contribution < 1.29 is 14.3 Å². The highest BCUT2D eigenvalue weighted by molar-refractivity contribution is 6.32. The van der Waals surface area contributed by atoms with E-state index in [-0.39, 0.29) is 18.3 Å². The molecular formula is C25H30Cl2N2O3. The maximum Gasteiger partial charge on any atom is 0.216 e. The summed E-state index contributed by atoms with van der Waals surface area (Å²) in [4.78, 5) is 13.1. The maximum absolute atomic E-state index is 11.0. The van der Waals surface area contributed by atoms with Gasteiger partial charge in [0.05, 0.1) is 11.6 Å². The number of ether oxygens (including phenoxy) is 2. The SMILES string of the molecule is CC(=O)NCCc1ccc2cc(Oc3ccc(OCCCN(C)C)cc3Cl)ccc2c1.Cl. The molecule has 7 heteroatoms. The second-order valence-corrected chi connectivity index (χ2v) is 8.18. The van der Waals surface area contributed by atoms with E-state index in [2.05, 4.69) is 28.4 Å². The molecule has 0 radical (unpaired) electrons. The molecule has 3 aromatic rings. The number of rotatable bonds is 10. The van der Waals surface area contributed by atoms with Crippen LogP contribution in [-0.4, -0.2) is 44.6 Å². The molecule has 3 rings (SSSR count). The number of halogens is 2. The molecule has 0 aliphatic carbocycles. The lowest BCUT2D eigenvalue weighted by Crippen LogP contribution is -2.22. The molecule has 5 nitrogen and oxygen atoms in total. The third kappa shape index (κ3) is 7.90. The second kappa shape index (κ2) is 12.5. The molecule has 0 saturated carbocycles. The largest absolute Gasteiger partial charge is 0.493 e. The number of hydrogen-bond acceptors (Lipinski definition) is 4. The van der Waals surface area contributed by atoms with Gasteiger partial charge in [-0.1, -0.05) is 35.9 Å². The van der Waals surface area contributed by atoms with Crippen LogP contribution in [0.1, 0.15) is 18.9 Å². The van der Waals surface area contributed by atoms with Crippen LogP contribution in [0.3, 0.4) is 0 Å². The molecule has 0 aliphatic heterocycles. The van der Waals surface area contributed by atoms with Gasteiger partial charge in [-0.25, -0.2) is 0 Å². The van der Waals surface area contributed by atoms with E-state index in [1.807, 2.05) is 44.4 Å². The number of hydrogen-bond donors (Lipinski definition) is 1. The van der Waals surface area contributed by atoms with Gasteiger partial charge in [0.1, 0.15) is 17.2 Å². The van der Waals surface area contributed by atoms with Gasteiger partial charge in [-0.2, -0.15) is 0 Å². The molecule has 0 aliphatic rings. The molecule has 0 heterocycles. The van der Waals surface area contributed by atoms with Gasteiger partial charge < -0.3 is 19.7 Å². The van der Waals surface area contributed by atoms with Crippen LogP contribution in [0, 0.1) is 0 Å². The molecule has 0 fully saturated rings. The fourth-order valence-corrected chi connectivity index (χ4v) is 3.44. The van der Waals surface area contributed by atoms with Crippen molar-refractivity contribution in [1.82, 2.24) is 10.2 Å². The highest BCUT2D eigenvalue weighted by Gasteiger charge is 2.07. The Balaban J connectivity index is 0.00000363. The van der Waals surface area contributed by atoms with Crippen LogP contribution in [0.25, 0.3) is 10.8 Å². The van der Waals surface area contributed by atoms with Crippen LogP contribution in [0.4, 0.5) is 0 Å². The van der Waals surface area contributed by atoms with E-state index >= 15 is 0 Å². The number of carbonyl (C=O) groups is 1. The fourth-order valence-electron chi connectivity index (χ4n) is 3.23. The predicted octanol–water partition coefficient (Wildman–Crippen LogP) is 5.72. The van der Waals surface area contributed by atoms with Crippen LogP contribution in [0.5, 0.6) is 17.2 Å². The number of nitrogens with zero attached hydrogens (tertiary/aromatic N) is 1. The van der Waals surface area contributed by atoms with Crippen LogP contribution in [0.15, 0.2) is 54.6 Å². The molecule has 0 unspecified atom stereocenters. The smallest absolute Gasteiger partial charge is 0.216 e. The number of fused-ring (bicyclic) bond motifs is 1. The predicted molar refractivity (Wildman–Crippen MR) is 134 cm³/mol. The molecule has 0 atom stereocenters. The van der Waals surface area contributed by atoms with Gasteiger partial charge in [-0.15, -0.1) is 12.4 Å². The average Bonchev–Trinajstić information content (AvgIpc) is 2.72. The molecule has 0 saturated heterocycles. The van der Waals surface area contributed by atoms with Crippen molar-refractivity contribution in [3.8, 4) is 17.2 Å². The highest BCUT2D eigenvalue weighted by Crippen LogP contribution is 2.33. The molecule has 32 heavy (non-hydrogen) atoms. The first kappa shape index (κ1) is 25.8. The first-order valence-corrected chi connectivity index (χ1v) is 10.8. The highest BCUT2D eigenvalue weighted by atomic mass is 35.5. The Morgan fingerprint density at radius 1 is 1.00 bits per heavy atom. The molecule has 3 aromatic carbocycles. The number of benzene rings is 3. The summed E-state index contributed by atoms with van der Waals surface area (Å²) in [6, 6.07) is 17.7. The minimum absolute atomic E-state index is 0. The summed E-state index contributed by atoms with van der Waals surface area (Å²) in [6.45, 7) is 3.79. The molecule has 0 aromatic heterocycles. The third-order valence-electron chi connectivity index (χ3n) is 4.81. The first-order chi connectivity index (χ1) is 14.9. The monoisotopic (exact) mass is 476 g/mol. The van der Waals surface area contributed by atoms with Crippen molar-refractivity contribution in [2.45, 2.75) is 19.8 Å². The van der Waals surface area contributed by atoms with Crippen molar-refractivity contribution in [2.24, 2.45) is 0 Å². The lowest BCUT2D eigenvalue weighted by Gasteiger charge is -2.12. The zero-order valence-corrected chi connectivity index (χ0v) is 20.3. The second-order valence-electron chi connectivity index (χ2n) is 7.78. The Kier molecular flexibility index (Phi) is 10.1. The summed E-state index contributed by atoms with van der Waals surface area (Å²) in [5.41, 5.74) is 1.18. The van der Waals surface area contributed by atoms with Gasteiger partial charge >= 0.3 is 0 Å². The Morgan fingerprint density at radius 3 is 2.44 bits per heavy atom. The molecule has 172 valence electrons. The Morgan fingerprint density at radius 2 is 1.72 bits per heavy atom. The first-order valence-electron chi connectivity index (χ1n) is 10.4. The van der Waals surface area contributed by atoms with E-state index in [1.165, 1.54) is 12.5 Å². The summed E-state index contributed by atoms with van der Waals surface area (Å²) in [6.07, 6.45) is 1.75. The third-order valence-corrected chi connectivity index (χ3v) is 5.11. The summed E-state index contributed by atoms with van der Waals surface area (Å²) in [5.74, 6) is 2.04. The molecule has 1 N–H and O–H groups in total. The van der Waals surface area contributed by atoms with Crippen molar-refractivity contribution in [1.29, 1.82) is 0 Å². The van der Waals surface area contributed by atoms with Crippen molar-refractivity contribution >= 4 is 40.7 Å². The van der Waals surface area contributed by atoms with Crippen molar-refractivity contribution in [3.63, 3.8) is 0 Å². The minimum atomic E-state index is -0.00911. The zero-order chi connectivity index (χ0) is 22.2. The lowest BCUT2D eigenvalue weighted by molar-refractivity contribution is -0.118. The summed E-state index contributed by atoms with van der Waals surface area (Å²) < 4.78 is 11.8. The fraction of sp³-hybridized carbons (Fsp3) is 0.320. The number of nitrogens with one attached hydrogen (secondary N) is 1. The Labute approximate surface area is 201 Å². The molecule has 0 bridgehead atoms. The van der Waals surface area contributed by atoms with Gasteiger partial charge in [-0.3, -0.25) is 4.79 Å². The van der Waals surface area contributed by atoms with Gasteiger partial charge in [0, 0.05) is 26.1 Å². The van der Waals surface area contributed by atoms with Gasteiger partial charge in [0.25, 0.3) is 0 Å². The lowest BCUT2D eigenvalue weighted by atomic mass is 10.0. The van der Waals surface area contributed by atoms with Crippen molar-refractivity contribution in [3.05, 3.63) is 65.2 Å². The summed E-state index contributed by atoms with van der Waals surface area (Å²) in [5, 5.41) is 5.54. The summed E-state index contributed by atoms with van der Waals surface area (Å²) in [7, 11) is 4.09. The van der Waals surface area contributed by atoms with Gasteiger partial charge in [0.15, 0.2) is 0 Å². The average molecular weight is 477 g/mol. The normalized spacial score (nSPS) is 10.7. The standard InChI is InChI=1S/C25H29ClN2O3.ClH/c1-18(29)27-12-11-19-5-6-21-16-23(8-7-20(21)15-19)31-25-10-9-22(17-24(25)26)30-14-4-13-28(2)3;/h5-10,15-17H,4,11-14H2,1-3H3,(H,27,29);1H. The Hall–Kier alpha value is -2.47. The van der Waals surface area contributed by atoms with Crippen molar-refractivity contribution in [2.75, 3.05) is 33.8 Å². The number of amides is 1. The van der Waals surface area contributed by atoms with Gasteiger partial charge in [-0.05, 0) is 67.5 Å². The maximum atomic E-state index is 11.0. The molecule has 0 spiro atoms. The zero-order valence-electron chi connectivity index (χ0n) is 18.7. The number of carbonyl (C=O) groups excluding carboxylic acids is 1. The summed E-state index contributed by atoms with van der Waals surface area (Å²) >= 11 is 6.41. The Bertz CT molecular complexity index is 1040. The van der Waals surface area contributed by atoms with Crippen LogP contribution >= 0.6 is 24.0 Å². The van der Waals surface area contributed by atoms with E-state index < -0.39 is 0 Å².